The Balaban J connectivity index is 1.99. The Labute approximate surface area is 116 Å². The molecule has 0 aliphatic carbocycles. The van der Waals surface area contributed by atoms with Crippen molar-refractivity contribution >= 4 is 16.9 Å². The molecule has 0 saturated heterocycles. The van der Waals surface area contributed by atoms with Crippen LogP contribution in [0.2, 0.25) is 0 Å². The predicted molar refractivity (Wildman–Crippen MR) is 73.8 cm³/mol. The SMILES string of the molecule is CCOC(=O)CCCOc1cc(=O)oc2ccccc12. The topological polar surface area (TPSA) is 65.7 Å². The fourth-order valence-corrected chi connectivity index (χ4v) is 1.83. The molecule has 20 heavy (non-hydrogen) atoms. The van der Waals surface area contributed by atoms with E-state index in [9.17, 15) is 9.59 Å². The third-order valence-electron chi connectivity index (χ3n) is 2.70. The van der Waals surface area contributed by atoms with Gasteiger partial charge in [0.15, 0.2) is 0 Å². The van der Waals surface area contributed by atoms with Gasteiger partial charge in [-0.05, 0) is 25.5 Å². The van der Waals surface area contributed by atoms with Crippen LogP contribution in [0.25, 0.3) is 11.0 Å². The van der Waals surface area contributed by atoms with Crippen molar-refractivity contribution in [1.82, 2.24) is 0 Å². The fraction of sp³-hybridized carbons (Fsp3) is 0.333. The molecule has 2 aromatic rings. The van der Waals surface area contributed by atoms with Crippen molar-refractivity contribution < 1.29 is 18.7 Å². The number of hydrogen-bond acceptors (Lipinski definition) is 5. The number of para-hydroxylation sites is 1. The van der Waals surface area contributed by atoms with E-state index >= 15 is 0 Å². The Bertz CT molecular complexity index is 644. The normalized spacial score (nSPS) is 10.4. The van der Waals surface area contributed by atoms with E-state index in [1.807, 2.05) is 12.1 Å². The highest BCUT2D eigenvalue weighted by molar-refractivity contribution is 5.82. The second-order valence-electron chi connectivity index (χ2n) is 4.18. The monoisotopic (exact) mass is 276 g/mol. The standard InChI is InChI=1S/C15H16O5/c1-2-18-14(16)8-5-9-19-13-10-15(17)20-12-7-4-3-6-11(12)13/h3-4,6-7,10H,2,5,8-9H2,1H3. The Kier molecular flexibility index (Phi) is 4.76. The second kappa shape index (κ2) is 6.75. The van der Waals surface area contributed by atoms with Gasteiger partial charge in [-0.25, -0.2) is 4.79 Å². The van der Waals surface area contributed by atoms with Crippen LogP contribution in [0.4, 0.5) is 0 Å². The van der Waals surface area contributed by atoms with E-state index < -0.39 is 5.63 Å². The molecule has 0 bridgehead atoms. The molecule has 1 aromatic heterocycles. The van der Waals surface area contributed by atoms with E-state index in [4.69, 9.17) is 13.9 Å². The molecule has 0 unspecified atom stereocenters. The van der Waals surface area contributed by atoms with Crippen molar-refractivity contribution in [1.29, 1.82) is 0 Å². The van der Waals surface area contributed by atoms with Crippen LogP contribution in [0, 0.1) is 0 Å². The highest BCUT2D eigenvalue weighted by atomic mass is 16.5. The van der Waals surface area contributed by atoms with Crippen LogP contribution in [0.1, 0.15) is 19.8 Å². The van der Waals surface area contributed by atoms with Crippen molar-refractivity contribution in [3.63, 3.8) is 0 Å². The first-order valence-electron chi connectivity index (χ1n) is 6.52. The molecule has 0 spiro atoms. The molecule has 0 amide bonds. The Morgan fingerprint density at radius 1 is 1.30 bits per heavy atom. The van der Waals surface area contributed by atoms with Crippen LogP contribution in [-0.4, -0.2) is 19.2 Å². The van der Waals surface area contributed by atoms with Crippen LogP contribution < -0.4 is 10.4 Å². The highest BCUT2D eigenvalue weighted by Crippen LogP contribution is 2.23. The molecular formula is C15H16O5. The third kappa shape index (κ3) is 3.60. The first kappa shape index (κ1) is 14.1. The van der Waals surface area contributed by atoms with Gasteiger partial charge in [0.25, 0.3) is 0 Å². The third-order valence-corrected chi connectivity index (χ3v) is 2.70. The van der Waals surface area contributed by atoms with Gasteiger partial charge in [-0.3, -0.25) is 4.79 Å². The summed E-state index contributed by atoms with van der Waals surface area (Å²) in [7, 11) is 0. The zero-order chi connectivity index (χ0) is 14.4. The van der Waals surface area contributed by atoms with Crippen molar-refractivity contribution in [3.8, 4) is 5.75 Å². The van der Waals surface area contributed by atoms with Gasteiger partial charge >= 0.3 is 11.6 Å². The van der Waals surface area contributed by atoms with Crippen LogP contribution in [0.3, 0.4) is 0 Å². The summed E-state index contributed by atoms with van der Waals surface area (Å²) in [6, 6.07) is 8.47. The minimum Gasteiger partial charge on any atom is -0.493 e. The van der Waals surface area contributed by atoms with Crippen molar-refractivity contribution in [3.05, 3.63) is 40.8 Å². The first-order chi connectivity index (χ1) is 9.70. The molecular weight excluding hydrogens is 260 g/mol. The maximum Gasteiger partial charge on any atom is 0.339 e. The van der Waals surface area contributed by atoms with Crippen LogP contribution >= 0.6 is 0 Å². The van der Waals surface area contributed by atoms with Crippen LogP contribution in [0.5, 0.6) is 5.75 Å². The number of carbonyl (C=O) groups excluding carboxylic acids is 1. The van der Waals surface area contributed by atoms with E-state index in [2.05, 4.69) is 0 Å². The summed E-state index contributed by atoms with van der Waals surface area (Å²) in [6.07, 6.45) is 0.834. The lowest BCUT2D eigenvalue weighted by molar-refractivity contribution is -0.143. The summed E-state index contributed by atoms with van der Waals surface area (Å²) in [5.41, 5.74) is 0.0319. The fourth-order valence-electron chi connectivity index (χ4n) is 1.83. The second-order valence-corrected chi connectivity index (χ2v) is 4.18. The van der Waals surface area contributed by atoms with Gasteiger partial charge in [-0.15, -0.1) is 0 Å². The molecule has 0 aliphatic heterocycles. The Morgan fingerprint density at radius 3 is 2.90 bits per heavy atom. The number of benzene rings is 1. The molecule has 0 saturated carbocycles. The van der Waals surface area contributed by atoms with Gasteiger partial charge in [0.2, 0.25) is 0 Å². The molecule has 0 N–H and O–H groups in total. The van der Waals surface area contributed by atoms with E-state index in [-0.39, 0.29) is 5.97 Å². The average Bonchev–Trinajstić information content (AvgIpc) is 2.43. The average molecular weight is 276 g/mol. The maximum atomic E-state index is 11.4. The number of hydrogen-bond donors (Lipinski definition) is 0. The van der Waals surface area contributed by atoms with Gasteiger partial charge in [0.1, 0.15) is 11.3 Å². The molecule has 106 valence electrons. The summed E-state index contributed by atoms with van der Waals surface area (Å²) >= 11 is 0. The Hall–Kier alpha value is -2.30. The molecule has 1 aromatic carbocycles. The summed E-state index contributed by atoms with van der Waals surface area (Å²) in [5, 5.41) is 0.739. The van der Waals surface area contributed by atoms with Gasteiger partial charge in [-0.2, -0.15) is 0 Å². The number of fused-ring (bicyclic) bond motifs is 1. The molecule has 0 aliphatic rings. The van der Waals surface area contributed by atoms with E-state index in [0.717, 1.165) is 5.39 Å². The van der Waals surface area contributed by atoms with Crippen molar-refractivity contribution in [2.24, 2.45) is 0 Å². The lowest BCUT2D eigenvalue weighted by atomic mass is 10.2. The van der Waals surface area contributed by atoms with E-state index in [0.29, 0.717) is 37.4 Å². The summed E-state index contributed by atoms with van der Waals surface area (Å²) < 4.78 is 15.5. The summed E-state index contributed by atoms with van der Waals surface area (Å²) in [4.78, 5) is 22.6. The van der Waals surface area contributed by atoms with Crippen LogP contribution in [0.15, 0.2) is 39.5 Å². The van der Waals surface area contributed by atoms with Gasteiger partial charge < -0.3 is 13.9 Å². The molecule has 0 radical (unpaired) electrons. The van der Waals surface area contributed by atoms with Crippen LogP contribution in [-0.2, 0) is 9.53 Å². The number of carbonyl (C=O) groups is 1. The molecule has 0 atom stereocenters. The van der Waals surface area contributed by atoms with E-state index in [1.165, 1.54) is 6.07 Å². The quantitative estimate of drug-likeness (QED) is 0.461. The van der Waals surface area contributed by atoms with Crippen molar-refractivity contribution in [2.75, 3.05) is 13.2 Å². The minimum atomic E-state index is -0.455. The lowest BCUT2D eigenvalue weighted by Gasteiger charge is -2.08. The smallest absolute Gasteiger partial charge is 0.339 e. The Morgan fingerprint density at radius 2 is 2.10 bits per heavy atom. The minimum absolute atomic E-state index is 0.242. The zero-order valence-electron chi connectivity index (χ0n) is 11.3. The number of esters is 1. The summed E-state index contributed by atoms with van der Waals surface area (Å²) in [5.74, 6) is 0.231. The molecule has 1 heterocycles. The predicted octanol–water partition coefficient (Wildman–Crippen LogP) is 2.52. The molecule has 2 rings (SSSR count). The summed E-state index contributed by atoms with van der Waals surface area (Å²) in [6.45, 7) is 2.49. The largest absolute Gasteiger partial charge is 0.493 e. The van der Waals surface area contributed by atoms with Crippen molar-refractivity contribution in [2.45, 2.75) is 19.8 Å². The first-order valence-corrected chi connectivity index (χ1v) is 6.52. The highest BCUT2D eigenvalue weighted by Gasteiger charge is 2.07. The van der Waals surface area contributed by atoms with Gasteiger partial charge in [0.05, 0.1) is 24.7 Å². The number of ether oxygens (including phenoxy) is 2. The zero-order valence-corrected chi connectivity index (χ0v) is 11.3. The molecule has 0 fully saturated rings. The van der Waals surface area contributed by atoms with Gasteiger partial charge in [-0.1, -0.05) is 12.1 Å². The number of rotatable bonds is 6. The molecule has 5 nitrogen and oxygen atoms in total. The molecule has 5 heteroatoms. The lowest BCUT2D eigenvalue weighted by Crippen LogP contribution is -2.08. The van der Waals surface area contributed by atoms with Gasteiger partial charge in [0, 0.05) is 6.42 Å². The maximum absolute atomic E-state index is 11.4. The van der Waals surface area contributed by atoms with E-state index in [1.54, 1.807) is 19.1 Å².